The van der Waals surface area contributed by atoms with E-state index in [1.807, 2.05) is 24.3 Å². The highest BCUT2D eigenvalue weighted by Crippen LogP contribution is 2.33. The number of aromatic nitrogens is 2. The monoisotopic (exact) mass is 410 g/mol. The molecule has 0 radical (unpaired) electrons. The molecule has 1 heterocycles. The van der Waals surface area contributed by atoms with Crippen LogP contribution in [0.25, 0.3) is 11.3 Å². The normalized spacial score (nSPS) is 10.7. The number of carbonyl (C=O) groups excluding carboxylic acids is 1. The van der Waals surface area contributed by atoms with E-state index >= 15 is 0 Å². The summed E-state index contributed by atoms with van der Waals surface area (Å²) in [7, 11) is 6.18. The zero-order chi connectivity index (χ0) is 21.5. The summed E-state index contributed by atoms with van der Waals surface area (Å²) in [4.78, 5) is 12.4. The summed E-state index contributed by atoms with van der Waals surface area (Å²) < 4.78 is 21.2. The number of hydrogen-bond acceptors (Lipinski definition) is 7. The molecule has 1 amide bonds. The van der Waals surface area contributed by atoms with Gasteiger partial charge in [-0.2, -0.15) is 10.2 Å². The average Bonchev–Trinajstić information content (AvgIpc) is 3.28. The van der Waals surface area contributed by atoms with Crippen LogP contribution in [0.2, 0.25) is 0 Å². The van der Waals surface area contributed by atoms with E-state index in [1.165, 1.54) is 27.5 Å². The highest BCUT2D eigenvalue weighted by Gasteiger charge is 2.14. The van der Waals surface area contributed by atoms with Crippen LogP contribution in [0.4, 0.5) is 0 Å². The summed E-state index contributed by atoms with van der Waals surface area (Å²) in [6, 6.07) is 12.4. The van der Waals surface area contributed by atoms with Crippen LogP contribution >= 0.6 is 0 Å². The Hall–Kier alpha value is -4.01. The smallest absolute Gasteiger partial charge is 0.289 e. The molecular weight excluding hydrogens is 388 g/mol. The van der Waals surface area contributed by atoms with Crippen LogP contribution in [-0.4, -0.2) is 50.8 Å². The predicted molar refractivity (Wildman–Crippen MR) is 112 cm³/mol. The van der Waals surface area contributed by atoms with Crippen LogP contribution in [0.15, 0.2) is 47.6 Å². The molecule has 0 spiro atoms. The Kier molecular flexibility index (Phi) is 6.53. The number of rotatable bonds is 8. The van der Waals surface area contributed by atoms with Gasteiger partial charge < -0.3 is 18.9 Å². The van der Waals surface area contributed by atoms with E-state index in [0.717, 1.165) is 5.56 Å². The van der Waals surface area contributed by atoms with Crippen LogP contribution in [0.1, 0.15) is 16.1 Å². The van der Waals surface area contributed by atoms with E-state index in [4.69, 9.17) is 18.9 Å². The fourth-order valence-corrected chi connectivity index (χ4v) is 2.81. The summed E-state index contributed by atoms with van der Waals surface area (Å²) in [6.07, 6.45) is 1.45. The molecule has 1 aromatic heterocycles. The molecule has 0 saturated carbocycles. The standard InChI is InChI=1S/C21H22N4O5/c1-27-17-8-6-5-7-14(17)15-10-16(24-23-15)21(26)25-22-12-13-9-19(29-3)20(30-4)11-18(13)28-2/h5-12H,1-4H3,(H,23,24)(H,25,26)/b22-12+. The number of hydrogen-bond donors (Lipinski definition) is 2. The van der Waals surface area contributed by atoms with Crippen molar-refractivity contribution >= 4 is 12.1 Å². The third-order valence-corrected chi connectivity index (χ3v) is 4.31. The third-order valence-electron chi connectivity index (χ3n) is 4.31. The van der Waals surface area contributed by atoms with Gasteiger partial charge in [0.15, 0.2) is 11.5 Å². The minimum absolute atomic E-state index is 0.257. The quantitative estimate of drug-likeness (QED) is 0.437. The summed E-state index contributed by atoms with van der Waals surface area (Å²) in [6.45, 7) is 0. The Morgan fingerprint density at radius 1 is 0.933 bits per heavy atom. The highest BCUT2D eigenvalue weighted by atomic mass is 16.5. The van der Waals surface area contributed by atoms with Crippen molar-refractivity contribution in [3.05, 3.63) is 53.7 Å². The van der Waals surface area contributed by atoms with Crippen LogP contribution in [0.5, 0.6) is 23.0 Å². The van der Waals surface area contributed by atoms with E-state index in [-0.39, 0.29) is 5.69 Å². The molecule has 9 nitrogen and oxygen atoms in total. The molecule has 3 rings (SSSR count). The van der Waals surface area contributed by atoms with Gasteiger partial charge in [0.25, 0.3) is 5.91 Å². The van der Waals surface area contributed by atoms with Gasteiger partial charge >= 0.3 is 0 Å². The Labute approximate surface area is 173 Å². The number of H-pyrrole nitrogens is 1. The zero-order valence-electron chi connectivity index (χ0n) is 17.1. The number of amides is 1. The molecule has 0 unspecified atom stereocenters. The van der Waals surface area contributed by atoms with E-state index in [0.29, 0.717) is 34.3 Å². The summed E-state index contributed by atoms with van der Waals surface area (Å²) in [5.74, 6) is 1.78. The van der Waals surface area contributed by atoms with Crippen LogP contribution < -0.4 is 24.4 Å². The van der Waals surface area contributed by atoms with Crippen molar-refractivity contribution in [2.45, 2.75) is 0 Å². The number of aromatic amines is 1. The first-order valence-electron chi connectivity index (χ1n) is 8.93. The van der Waals surface area contributed by atoms with Crippen LogP contribution in [0.3, 0.4) is 0 Å². The molecule has 0 saturated heterocycles. The van der Waals surface area contributed by atoms with Gasteiger partial charge in [0.1, 0.15) is 17.2 Å². The van der Waals surface area contributed by atoms with Crippen molar-refractivity contribution in [3.63, 3.8) is 0 Å². The van der Waals surface area contributed by atoms with Gasteiger partial charge in [0.2, 0.25) is 0 Å². The maximum Gasteiger partial charge on any atom is 0.289 e. The first-order chi connectivity index (χ1) is 14.6. The number of benzene rings is 2. The van der Waals surface area contributed by atoms with Crippen molar-refractivity contribution in [1.29, 1.82) is 0 Å². The van der Waals surface area contributed by atoms with Crippen LogP contribution in [-0.2, 0) is 0 Å². The molecule has 9 heteroatoms. The Balaban J connectivity index is 1.75. The number of para-hydroxylation sites is 1. The lowest BCUT2D eigenvalue weighted by molar-refractivity contribution is 0.0950. The highest BCUT2D eigenvalue weighted by molar-refractivity contribution is 5.94. The van der Waals surface area contributed by atoms with E-state index in [9.17, 15) is 4.79 Å². The first kappa shape index (κ1) is 20.7. The molecule has 30 heavy (non-hydrogen) atoms. The summed E-state index contributed by atoms with van der Waals surface area (Å²) in [5, 5.41) is 10.9. The van der Waals surface area contributed by atoms with E-state index < -0.39 is 5.91 Å². The Morgan fingerprint density at radius 3 is 2.30 bits per heavy atom. The van der Waals surface area contributed by atoms with Gasteiger partial charge in [-0.15, -0.1) is 0 Å². The van der Waals surface area contributed by atoms with Gasteiger partial charge in [-0.05, 0) is 24.3 Å². The number of carbonyl (C=O) groups is 1. The van der Waals surface area contributed by atoms with Gasteiger partial charge in [-0.3, -0.25) is 9.89 Å². The molecule has 0 aliphatic carbocycles. The molecule has 156 valence electrons. The fourth-order valence-electron chi connectivity index (χ4n) is 2.81. The topological polar surface area (TPSA) is 107 Å². The van der Waals surface area contributed by atoms with Crippen LogP contribution in [0, 0.1) is 0 Å². The van der Waals surface area contributed by atoms with Gasteiger partial charge in [0, 0.05) is 17.2 Å². The van der Waals surface area contributed by atoms with E-state index in [1.54, 1.807) is 25.3 Å². The number of hydrazone groups is 1. The lowest BCUT2D eigenvalue weighted by Crippen LogP contribution is -2.18. The third kappa shape index (κ3) is 4.35. The summed E-state index contributed by atoms with van der Waals surface area (Å²) in [5.41, 5.74) is 4.68. The predicted octanol–water partition coefficient (Wildman–Crippen LogP) is 2.88. The number of methoxy groups -OCH3 is 4. The Morgan fingerprint density at radius 2 is 1.60 bits per heavy atom. The second-order valence-corrected chi connectivity index (χ2v) is 6.02. The minimum Gasteiger partial charge on any atom is -0.496 e. The fraction of sp³-hybridized carbons (Fsp3) is 0.190. The second kappa shape index (κ2) is 9.46. The van der Waals surface area contributed by atoms with Gasteiger partial charge in [-0.1, -0.05) is 12.1 Å². The SMILES string of the molecule is COc1cc(OC)c(OC)cc1/C=N/NC(=O)c1cc(-c2ccccc2OC)n[nH]1. The molecule has 2 aromatic carbocycles. The Bertz CT molecular complexity index is 1060. The first-order valence-corrected chi connectivity index (χ1v) is 8.93. The average molecular weight is 410 g/mol. The molecule has 3 aromatic rings. The lowest BCUT2D eigenvalue weighted by Gasteiger charge is -2.11. The molecule has 0 atom stereocenters. The minimum atomic E-state index is -0.445. The maximum absolute atomic E-state index is 12.4. The van der Waals surface area contributed by atoms with Gasteiger partial charge in [-0.25, -0.2) is 5.43 Å². The summed E-state index contributed by atoms with van der Waals surface area (Å²) >= 11 is 0. The molecule has 0 fully saturated rings. The molecule has 0 aliphatic rings. The van der Waals surface area contributed by atoms with Crippen molar-refractivity contribution in [1.82, 2.24) is 15.6 Å². The number of nitrogens with one attached hydrogen (secondary N) is 2. The number of ether oxygens (including phenoxy) is 4. The molecule has 0 aliphatic heterocycles. The van der Waals surface area contributed by atoms with Crippen molar-refractivity contribution in [2.24, 2.45) is 5.10 Å². The molecular formula is C21H22N4O5. The second-order valence-electron chi connectivity index (χ2n) is 6.02. The van der Waals surface area contributed by atoms with Crippen molar-refractivity contribution in [3.8, 4) is 34.3 Å². The number of nitrogens with zero attached hydrogens (tertiary/aromatic N) is 2. The molecule has 0 bridgehead atoms. The maximum atomic E-state index is 12.4. The van der Waals surface area contributed by atoms with Gasteiger partial charge in [0.05, 0.1) is 40.3 Å². The van der Waals surface area contributed by atoms with Crippen molar-refractivity contribution in [2.75, 3.05) is 28.4 Å². The van der Waals surface area contributed by atoms with E-state index in [2.05, 4.69) is 20.7 Å². The lowest BCUT2D eigenvalue weighted by atomic mass is 10.1. The zero-order valence-corrected chi connectivity index (χ0v) is 17.1. The van der Waals surface area contributed by atoms with Crippen molar-refractivity contribution < 1.29 is 23.7 Å². The molecule has 2 N–H and O–H groups in total. The largest absolute Gasteiger partial charge is 0.496 e.